The number of aromatic nitrogens is 1. The number of hydrogen-bond acceptors (Lipinski definition) is 5. The van der Waals surface area contributed by atoms with Crippen LogP contribution in [0.5, 0.6) is 11.5 Å². The number of amides is 2. The summed E-state index contributed by atoms with van der Waals surface area (Å²) in [5, 5.41) is 13.1. The zero-order chi connectivity index (χ0) is 22.2. The Hall–Kier alpha value is -3.58. The van der Waals surface area contributed by atoms with E-state index in [0.29, 0.717) is 36.8 Å². The molecule has 1 aromatic heterocycles. The molecule has 7 heteroatoms. The number of anilines is 1. The fraction of sp³-hybridized carbons (Fsp3) is 0.280. The number of carbonyl (C=O) groups excluding carboxylic acids is 1. The number of aromatic hydroxyl groups is 1. The van der Waals surface area contributed by atoms with Gasteiger partial charge in [0.25, 0.3) is 0 Å². The van der Waals surface area contributed by atoms with Crippen molar-refractivity contribution in [1.29, 1.82) is 0 Å². The Kier molecular flexibility index (Phi) is 7.19. The molecular weight excluding hydrogens is 406 g/mol. The fourth-order valence-electron chi connectivity index (χ4n) is 3.61. The monoisotopic (exact) mass is 433 g/mol. The van der Waals surface area contributed by atoms with E-state index < -0.39 is 0 Å². The molecule has 2 aromatic carbocycles. The molecule has 7 nitrogen and oxygen atoms in total. The van der Waals surface area contributed by atoms with E-state index in [1.54, 1.807) is 29.3 Å². The van der Waals surface area contributed by atoms with Gasteiger partial charge in [-0.2, -0.15) is 0 Å². The van der Waals surface area contributed by atoms with Crippen molar-refractivity contribution in [3.05, 3.63) is 84.2 Å². The minimum Gasteiger partial charge on any atom is -0.508 e. The number of pyridine rings is 1. The van der Waals surface area contributed by atoms with Crippen LogP contribution >= 0.6 is 0 Å². The van der Waals surface area contributed by atoms with Gasteiger partial charge in [0.2, 0.25) is 0 Å². The van der Waals surface area contributed by atoms with E-state index in [9.17, 15) is 9.90 Å². The molecule has 1 aliphatic rings. The number of phenolic OH excluding ortho intramolecular Hbond substituents is 1. The lowest BCUT2D eigenvalue weighted by molar-refractivity contribution is 0.0817. The topological polar surface area (TPSA) is 83.9 Å². The van der Waals surface area contributed by atoms with Gasteiger partial charge in [-0.25, -0.2) is 4.79 Å². The molecule has 0 unspecified atom stereocenters. The molecule has 166 valence electrons. The quantitative estimate of drug-likeness (QED) is 0.543. The van der Waals surface area contributed by atoms with Gasteiger partial charge in [0.15, 0.2) is 0 Å². The van der Waals surface area contributed by atoms with Crippen LogP contribution in [0.25, 0.3) is 0 Å². The number of para-hydroxylation sites is 1. The summed E-state index contributed by atoms with van der Waals surface area (Å²) in [6.45, 7) is 1.80. The third-order valence-electron chi connectivity index (χ3n) is 5.29. The Balaban J connectivity index is 1.43. The average molecular weight is 434 g/mol. The molecule has 1 aliphatic heterocycles. The maximum Gasteiger partial charge on any atom is 0.322 e. The summed E-state index contributed by atoms with van der Waals surface area (Å²) in [7, 11) is 0. The Labute approximate surface area is 187 Å². The lowest BCUT2D eigenvalue weighted by Crippen LogP contribution is -2.39. The van der Waals surface area contributed by atoms with Crippen molar-refractivity contribution >= 4 is 11.7 Å². The molecule has 32 heavy (non-hydrogen) atoms. The second kappa shape index (κ2) is 10.6. The highest BCUT2D eigenvalue weighted by Crippen LogP contribution is 2.22. The SMILES string of the molecule is O=C(Nc1cccc(OCc2ccccn2)c1)N(Cc1ccccc1O)C[C@@H]1CCCO1. The van der Waals surface area contributed by atoms with Crippen LogP contribution in [0.15, 0.2) is 72.9 Å². The number of benzene rings is 2. The van der Waals surface area contributed by atoms with Crippen molar-refractivity contribution in [2.45, 2.75) is 32.1 Å². The summed E-state index contributed by atoms with van der Waals surface area (Å²) in [6.07, 6.45) is 3.63. The Bertz CT molecular complexity index is 1020. The summed E-state index contributed by atoms with van der Waals surface area (Å²) in [5.74, 6) is 0.808. The molecule has 0 bridgehead atoms. The Morgan fingerprint density at radius 3 is 2.81 bits per heavy atom. The minimum absolute atomic E-state index is 0.000329. The second-order valence-electron chi connectivity index (χ2n) is 7.71. The van der Waals surface area contributed by atoms with Crippen molar-refractivity contribution in [3.63, 3.8) is 0 Å². The molecule has 2 N–H and O–H groups in total. The summed E-state index contributed by atoms with van der Waals surface area (Å²) in [5.41, 5.74) is 2.14. The maximum atomic E-state index is 13.1. The molecule has 4 rings (SSSR count). The predicted molar refractivity (Wildman–Crippen MR) is 122 cm³/mol. The largest absolute Gasteiger partial charge is 0.508 e. The van der Waals surface area contributed by atoms with Gasteiger partial charge in [-0.15, -0.1) is 0 Å². The van der Waals surface area contributed by atoms with Gasteiger partial charge in [-0.3, -0.25) is 4.98 Å². The third kappa shape index (κ3) is 5.98. The number of nitrogens with zero attached hydrogens (tertiary/aromatic N) is 2. The standard InChI is InChI=1S/C25H27N3O4/c29-24-12-2-1-7-19(24)16-28(17-23-11-6-14-31-23)25(30)27-20-9-5-10-22(15-20)32-18-21-8-3-4-13-26-21/h1-5,7-10,12-13,15,23,29H,6,11,14,16-18H2,(H,27,30)/t23-/m0/s1. The Morgan fingerprint density at radius 2 is 2.03 bits per heavy atom. The molecule has 0 radical (unpaired) electrons. The van der Waals surface area contributed by atoms with Crippen molar-refractivity contribution in [2.24, 2.45) is 0 Å². The molecule has 3 aromatic rings. The van der Waals surface area contributed by atoms with E-state index >= 15 is 0 Å². The second-order valence-corrected chi connectivity index (χ2v) is 7.71. The van der Waals surface area contributed by atoms with Crippen molar-refractivity contribution in [2.75, 3.05) is 18.5 Å². The minimum atomic E-state index is -0.259. The van der Waals surface area contributed by atoms with E-state index in [2.05, 4.69) is 10.3 Å². The van der Waals surface area contributed by atoms with E-state index in [-0.39, 0.29) is 24.4 Å². The zero-order valence-electron chi connectivity index (χ0n) is 17.8. The predicted octanol–water partition coefficient (Wildman–Crippen LogP) is 4.58. The van der Waals surface area contributed by atoms with Crippen LogP contribution in [0, 0.1) is 0 Å². The molecule has 0 saturated carbocycles. The smallest absolute Gasteiger partial charge is 0.322 e. The van der Waals surface area contributed by atoms with Gasteiger partial charge in [0, 0.05) is 36.7 Å². The first kappa shape index (κ1) is 21.6. The summed E-state index contributed by atoms with van der Waals surface area (Å²) in [4.78, 5) is 19.1. The zero-order valence-corrected chi connectivity index (χ0v) is 17.8. The lowest BCUT2D eigenvalue weighted by Gasteiger charge is -2.26. The first-order valence-corrected chi connectivity index (χ1v) is 10.7. The van der Waals surface area contributed by atoms with E-state index in [0.717, 1.165) is 18.5 Å². The number of rotatable bonds is 8. The van der Waals surface area contributed by atoms with Crippen LogP contribution in [0.1, 0.15) is 24.1 Å². The highest BCUT2D eigenvalue weighted by Gasteiger charge is 2.23. The van der Waals surface area contributed by atoms with E-state index in [4.69, 9.17) is 9.47 Å². The molecule has 1 atom stereocenters. The van der Waals surface area contributed by atoms with Gasteiger partial charge in [-0.05, 0) is 43.2 Å². The van der Waals surface area contributed by atoms with Gasteiger partial charge in [0.05, 0.1) is 18.3 Å². The van der Waals surface area contributed by atoms with Crippen molar-refractivity contribution < 1.29 is 19.4 Å². The van der Waals surface area contributed by atoms with Gasteiger partial charge >= 0.3 is 6.03 Å². The average Bonchev–Trinajstić information content (AvgIpc) is 3.33. The molecular formula is C25H27N3O4. The molecule has 0 aliphatic carbocycles. The molecule has 1 saturated heterocycles. The van der Waals surface area contributed by atoms with Crippen LogP contribution in [-0.2, 0) is 17.9 Å². The van der Waals surface area contributed by atoms with Crippen LogP contribution < -0.4 is 10.1 Å². The number of phenols is 1. The van der Waals surface area contributed by atoms with Crippen LogP contribution in [0.4, 0.5) is 10.5 Å². The maximum absolute atomic E-state index is 13.1. The van der Waals surface area contributed by atoms with Gasteiger partial charge < -0.3 is 24.8 Å². The third-order valence-corrected chi connectivity index (χ3v) is 5.29. The summed E-state index contributed by atoms with van der Waals surface area (Å²) >= 11 is 0. The number of hydrogen-bond donors (Lipinski definition) is 2. The van der Waals surface area contributed by atoms with Crippen molar-refractivity contribution in [3.8, 4) is 11.5 Å². The van der Waals surface area contributed by atoms with E-state index in [1.165, 1.54) is 0 Å². The van der Waals surface area contributed by atoms with Crippen molar-refractivity contribution in [1.82, 2.24) is 9.88 Å². The molecule has 2 heterocycles. The highest BCUT2D eigenvalue weighted by molar-refractivity contribution is 5.89. The number of urea groups is 1. The number of nitrogens with one attached hydrogen (secondary N) is 1. The lowest BCUT2D eigenvalue weighted by atomic mass is 10.1. The molecule has 1 fully saturated rings. The number of ether oxygens (including phenoxy) is 2. The first-order valence-electron chi connectivity index (χ1n) is 10.7. The van der Waals surface area contributed by atoms with Crippen LogP contribution in [0.2, 0.25) is 0 Å². The van der Waals surface area contributed by atoms with Gasteiger partial charge in [-0.1, -0.05) is 30.3 Å². The normalized spacial score (nSPS) is 15.3. The molecule has 2 amide bonds. The number of carbonyl (C=O) groups is 1. The summed E-state index contributed by atoms with van der Waals surface area (Å²) < 4.78 is 11.5. The molecule has 0 spiro atoms. The highest BCUT2D eigenvalue weighted by atomic mass is 16.5. The van der Waals surface area contributed by atoms with Crippen LogP contribution in [-0.4, -0.2) is 40.3 Å². The van der Waals surface area contributed by atoms with Gasteiger partial charge in [0.1, 0.15) is 18.1 Å². The summed E-state index contributed by atoms with van der Waals surface area (Å²) in [6, 6.07) is 19.7. The van der Waals surface area contributed by atoms with Crippen LogP contribution in [0.3, 0.4) is 0 Å². The Morgan fingerprint density at radius 1 is 1.16 bits per heavy atom. The van der Waals surface area contributed by atoms with E-state index in [1.807, 2.05) is 48.5 Å². The first-order chi connectivity index (χ1) is 15.7. The fourth-order valence-corrected chi connectivity index (χ4v) is 3.61.